The number of halogens is 1. The molecular formula is C13H18ClN5O. The van der Waals surface area contributed by atoms with Gasteiger partial charge in [-0.1, -0.05) is 11.6 Å². The number of methoxy groups -OCH3 is 1. The van der Waals surface area contributed by atoms with E-state index < -0.39 is 0 Å². The molecule has 108 valence electrons. The van der Waals surface area contributed by atoms with Gasteiger partial charge in [0.05, 0.1) is 23.4 Å². The van der Waals surface area contributed by atoms with Gasteiger partial charge in [-0.3, -0.25) is 5.10 Å². The molecule has 0 saturated carbocycles. The first-order valence-corrected chi connectivity index (χ1v) is 6.58. The van der Waals surface area contributed by atoms with Crippen LogP contribution in [0.5, 0.6) is 5.75 Å². The van der Waals surface area contributed by atoms with Crippen LogP contribution in [0.4, 0.5) is 5.69 Å². The van der Waals surface area contributed by atoms with Crippen LogP contribution in [0.15, 0.2) is 12.1 Å². The van der Waals surface area contributed by atoms with Gasteiger partial charge >= 0.3 is 0 Å². The largest absolute Gasteiger partial charge is 0.496 e. The molecule has 0 aliphatic carbocycles. The Labute approximate surface area is 122 Å². The smallest absolute Gasteiger partial charge is 0.184 e. The average Bonchev–Trinajstić information content (AvgIpc) is 2.87. The average molecular weight is 296 g/mol. The Kier molecular flexibility index (Phi) is 4.46. The maximum Gasteiger partial charge on any atom is 0.184 e. The SMILES string of the molecule is COc1cc(N)c(Cl)cc1-c1n[nH]c(CCN(C)C)n1. The van der Waals surface area contributed by atoms with E-state index in [0.717, 1.165) is 24.4 Å². The summed E-state index contributed by atoms with van der Waals surface area (Å²) in [6.45, 7) is 0.897. The second-order valence-electron chi connectivity index (χ2n) is 4.73. The summed E-state index contributed by atoms with van der Waals surface area (Å²) in [4.78, 5) is 6.55. The topological polar surface area (TPSA) is 80.1 Å². The highest BCUT2D eigenvalue weighted by Gasteiger charge is 2.14. The van der Waals surface area contributed by atoms with Crippen LogP contribution in [-0.2, 0) is 6.42 Å². The van der Waals surface area contributed by atoms with E-state index in [4.69, 9.17) is 22.1 Å². The van der Waals surface area contributed by atoms with Crippen LogP contribution in [0.25, 0.3) is 11.4 Å². The summed E-state index contributed by atoms with van der Waals surface area (Å²) in [5.41, 5.74) is 6.95. The van der Waals surface area contributed by atoms with E-state index in [2.05, 4.69) is 20.1 Å². The number of aromatic amines is 1. The molecule has 0 amide bonds. The zero-order chi connectivity index (χ0) is 14.7. The molecule has 20 heavy (non-hydrogen) atoms. The van der Waals surface area contributed by atoms with Gasteiger partial charge in [0.1, 0.15) is 11.6 Å². The number of H-pyrrole nitrogens is 1. The van der Waals surface area contributed by atoms with Gasteiger partial charge in [0.2, 0.25) is 0 Å². The number of ether oxygens (including phenoxy) is 1. The number of likely N-dealkylation sites (N-methyl/N-ethyl adjacent to an activating group) is 1. The minimum Gasteiger partial charge on any atom is -0.496 e. The Bertz CT molecular complexity index is 596. The van der Waals surface area contributed by atoms with E-state index in [1.165, 1.54) is 0 Å². The number of nitrogens with two attached hydrogens (primary N) is 1. The van der Waals surface area contributed by atoms with Gasteiger partial charge in [-0.05, 0) is 20.2 Å². The van der Waals surface area contributed by atoms with Crippen molar-refractivity contribution in [2.24, 2.45) is 0 Å². The zero-order valence-electron chi connectivity index (χ0n) is 11.8. The number of benzene rings is 1. The molecule has 0 aliphatic rings. The number of nitrogens with zero attached hydrogens (tertiary/aromatic N) is 3. The standard InChI is InChI=1S/C13H18ClN5O/c1-19(2)5-4-12-16-13(18-17-12)8-6-9(14)10(15)7-11(8)20-3/h6-7H,4-5,15H2,1-3H3,(H,16,17,18). The van der Waals surface area contributed by atoms with Crippen molar-refractivity contribution >= 4 is 17.3 Å². The number of nitrogen functional groups attached to an aromatic ring is 1. The molecule has 0 unspecified atom stereocenters. The Morgan fingerprint density at radius 2 is 2.15 bits per heavy atom. The fourth-order valence-corrected chi connectivity index (χ4v) is 1.93. The second kappa shape index (κ2) is 6.11. The molecule has 0 radical (unpaired) electrons. The Hall–Kier alpha value is -1.79. The molecule has 0 atom stereocenters. The molecule has 2 rings (SSSR count). The lowest BCUT2D eigenvalue weighted by Crippen LogP contribution is -2.15. The third-order valence-electron chi connectivity index (χ3n) is 2.89. The number of anilines is 1. The predicted octanol–water partition coefficient (Wildman–Crippen LogP) is 1.82. The van der Waals surface area contributed by atoms with Gasteiger partial charge in [-0.25, -0.2) is 4.98 Å². The quantitative estimate of drug-likeness (QED) is 0.823. The molecule has 0 fully saturated rings. The molecule has 1 aromatic heterocycles. The van der Waals surface area contributed by atoms with Gasteiger partial charge in [-0.15, -0.1) is 0 Å². The highest BCUT2D eigenvalue weighted by atomic mass is 35.5. The van der Waals surface area contributed by atoms with Gasteiger partial charge < -0.3 is 15.4 Å². The lowest BCUT2D eigenvalue weighted by molar-refractivity contribution is 0.409. The molecular weight excluding hydrogens is 278 g/mol. The van der Waals surface area contributed by atoms with Crippen LogP contribution in [0.1, 0.15) is 5.82 Å². The van der Waals surface area contributed by atoms with E-state index in [-0.39, 0.29) is 0 Å². The minimum absolute atomic E-state index is 0.459. The van der Waals surface area contributed by atoms with E-state index in [0.29, 0.717) is 22.3 Å². The van der Waals surface area contributed by atoms with Crippen LogP contribution in [0.2, 0.25) is 5.02 Å². The van der Waals surface area contributed by atoms with Crippen molar-refractivity contribution < 1.29 is 4.74 Å². The van der Waals surface area contributed by atoms with Crippen LogP contribution in [0, 0.1) is 0 Å². The molecule has 1 aromatic carbocycles. The number of hydrogen-bond donors (Lipinski definition) is 2. The Morgan fingerprint density at radius 3 is 2.80 bits per heavy atom. The van der Waals surface area contributed by atoms with E-state index in [1.54, 1.807) is 19.2 Å². The predicted molar refractivity (Wildman–Crippen MR) is 80.1 cm³/mol. The van der Waals surface area contributed by atoms with Crippen molar-refractivity contribution in [1.82, 2.24) is 20.1 Å². The molecule has 2 aromatic rings. The van der Waals surface area contributed by atoms with E-state index in [9.17, 15) is 0 Å². The monoisotopic (exact) mass is 295 g/mol. The van der Waals surface area contributed by atoms with Gasteiger partial charge in [0.15, 0.2) is 5.82 Å². The van der Waals surface area contributed by atoms with Crippen molar-refractivity contribution in [3.05, 3.63) is 23.0 Å². The first-order chi connectivity index (χ1) is 9.51. The summed E-state index contributed by atoms with van der Waals surface area (Å²) in [6.07, 6.45) is 0.797. The molecule has 0 aliphatic heterocycles. The normalized spacial score (nSPS) is 11.1. The lowest BCUT2D eigenvalue weighted by Gasteiger charge is -2.08. The van der Waals surface area contributed by atoms with E-state index >= 15 is 0 Å². The third kappa shape index (κ3) is 3.20. The van der Waals surface area contributed by atoms with Crippen molar-refractivity contribution in [2.75, 3.05) is 33.5 Å². The summed E-state index contributed by atoms with van der Waals surface area (Å²) >= 11 is 6.05. The third-order valence-corrected chi connectivity index (χ3v) is 3.21. The van der Waals surface area contributed by atoms with Crippen molar-refractivity contribution in [2.45, 2.75) is 6.42 Å². The van der Waals surface area contributed by atoms with Crippen LogP contribution in [-0.4, -0.2) is 47.8 Å². The van der Waals surface area contributed by atoms with Gasteiger partial charge in [0, 0.05) is 19.0 Å². The summed E-state index contributed by atoms with van der Waals surface area (Å²) in [7, 11) is 5.60. The van der Waals surface area contributed by atoms with Gasteiger partial charge in [-0.2, -0.15) is 5.10 Å². The first-order valence-electron chi connectivity index (χ1n) is 6.20. The molecule has 7 heteroatoms. The minimum atomic E-state index is 0.459. The zero-order valence-corrected chi connectivity index (χ0v) is 12.5. The second-order valence-corrected chi connectivity index (χ2v) is 5.14. The fourth-order valence-electron chi connectivity index (χ4n) is 1.77. The number of hydrogen-bond acceptors (Lipinski definition) is 5. The fraction of sp³-hybridized carbons (Fsp3) is 0.385. The molecule has 0 saturated heterocycles. The summed E-state index contributed by atoms with van der Waals surface area (Å²) in [5, 5.41) is 7.60. The lowest BCUT2D eigenvalue weighted by atomic mass is 10.1. The number of aromatic nitrogens is 3. The molecule has 3 N–H and O–H groups in total. The Morgan fingerprint density at radius 1 is 1.40 bits per heavy atom. The van der Waals surface area contributed by atoms with Crippen LogP contribution >= 0.6 is 11.6 Å². The maximum absolute atomic E-state index is 6.05. The summed E-state index contributed by atoms with van der Waals surface area (Å²) in [6, 6.07) is 3.39. The van der Waals surface area contributed by atoms with Crippen molar-refractivity contribution in [1.29, 1.82) is 0 Å². The van der Waals surface area contributed by atoms with Crippen molar-refractivity contribution in [3.8, 4) is 17.1 Å². The molecule has 1 heterocycles. The van der Waals surface area contributed by atoms with Gasteiger partial charge in [0.25, 0.3) is 0 Å². The number of rotatable bonds is 5. The molecule has 0 bridgehead atoms. The highest BCUT2D eigenvalue weighted by molar-refractivity contribution is 6.33. The van der Waals surface area contributed by atoms with Crippen molar-refractivity contribution in [3.63, 3.8) is 0 Å². The highest BCUT2D eigenvalue weighted by Crippen LogP contribution is 2.34. The first kappa shape index (κ1) is 14.6. The number of nitrogens with one attached hydrogen (secondary N) is 1. The molecule has 0 spiro atoms. The van der Waals surface area contributed by atoms with Crippen LogP contribution in [0.3, 0.4) is 0 Å². The van der Waals surface area contributed by atoms with E-state index in [1.807, 2.05) is 14.1 Å². The molecule has 6 nitrogen and oxygen atoms in total. The summed E-state index contributed by atoms with van der Waals surface area (Å²) < 4.78 is 5.30. The van der Waals surface area contributed by atoms with Crippen LogP contribution < -0.4 is 10.5 Å². The Balaban J connectivity index is 2.29. The summed E-state index contributed by atoms with van der Waals surface area (Å²) in [5.74, 6) is 1.98. The maximum atomic E-state index is 6.05.